The highest BCUT2D eigenvalue weighted by Crippen LogP contribution is 2.28. The van der Waals surface area contributed by atoms with Crippen LogP contribution in [0.1, 0.15) is 62.2 Å². The molecule has 0 radical (unpaired) electrons. The Hall–Kier alpha value is -1.57. The Kier molecular flexibility index (Phi) is 4.97. The van der Waals surface area contributed by atoms with E-state index in [2.05, 4.69) is 20.7 Å². The van der Waals surface area contributed by atoms with E-state index in [0.29, 0.717) is 17.5 Å². The summed E-state index contributed by atoms with van der Waals surface area (Å²) in [6.07, 6.45) is 8.30. The van der Waals surface area contributed by atoms with Crippen LogP contribution in [0.5, 0.6) is 0 Å². The fourth-order valence-corrected chi connectivity index (χ4v) is 4.14. The van der Waals surface area contributed by atoms with E-state index in [1.165, 1.54) is 19.3 Å². The molecule has 8 heteroatoms. The fourth-order valence-electron chi connectivity index (χ4n) is 2.97. The maximum Gasteiger partial charge on any atom is 0.164 e. The number of aryl methyl sites for hydroxylation is 1. The number of aromatic nitrogens is 5. The van der Waals surface area contributed by atoms with E-state index in [4.69, 9.17) is 4.52 Å². The summed E-state index contributed by atoms with van der Waals surface area (Å²) >= 11 is 0. The van der Waals surface area contributed by atoms with Crippen molar-refractivity contribution in [1.82, 2.24) is 25.4 Å². The van der Waals surface area contributed by atoms with Gasteiger partial charge in [0.25, 0.3) is 0 Å². The minimum Gasteiger partial charge on any atom is -0.364 e. The van der Waals surface area contributed by atoms with Crippen molar-refractivity contribution in [2.75, 3.05) is 0 Å². The highest BCUT2D eigenvalue weighted by molar-refractivity contribution is 7.83. The van der Waals surface area contributed by atoms with Crippen molar-refractivity contribution in [1.29, 1.82) is 0 Å². The van der Waals surface area contributed by atoms with E-state index in [9.17, 15) is 4.21 Å². The van der Waals surface area contributed by atoms with Gasteiger partial charge in [0, 0.05) is 16.4 Å². The molecular formula is C14H21N5O2S. The second-order valence-corrected chi connectivity index (χ2v) is 7.16. The summed E-state index contributed by atoms with van der Waals surface area (Å²) in [4.78, 5) is 0. The molecule has 1 saturated carbocycles. The van der Waals surface area contributed by atoms with Crippen LogP contribution < -0.4 is 0 Å². The normalized spacial score (nSPS) is 17.7. The molecule has 2 aromatic heterocycles. The van der Waals surface area contributed by atoms with E-state index in [1.54, 1.807) is 6.26 Å². The zero-order valence-electron chi connectivity index (χ0n) is 12.8. The lowest BCUT2D eigenvalue weighted by molar-refractivity contribution is 0.319. The molecule has 22 heavy (non-hydrogen) atoms. The van der Waals surface area contributed by atoms with Crippen molar-refractivity contribution in [3.05, 3.63) is 23.3 Å². The third-order valence-corrected chi connectivity index (χ3v) is 5.36. The SMILES string of the molecule is CCc1nocc1CS(=O)Cc1nnnn1C1CCCCC1. The lowest BCUT2D eigenvalue weighted by atomic mass is 9.96. The molecule has 7 nitrogen and oxygen atoms in total. The number of nitrogens with zero attached hydrogens (tertiary/aromatic N) is 5. The molecule has 3 rings (SSSR count). The topological polar surface area (TPSA) is 86.7 Å². The number of hydrogen-bond donors (Lipinski definition) is 0. The number of tetrazole rings is 1. The quantitative estimate of drug-likeness (QED) is 0.810. The molecule has 0 bridgehead atoms. The second-order valence-electron chi connectivity index (χ2n) is 5.70. The van der Waals surface area contributed by atoms with Gasteiger partial charge < -0.3 is 4.52 Å². The standard InChI is InChI=1S/C14H21N5O2S/c1-2-13-11(8-21-16-13)9-22(20)10-14-15-17-18-19(14)12-6-4-3-5-7-12/h8,12H,2-7,9-10H2,1H3. The number of hydrogen-bond acceptors (Lipinski definition) is 6. The smallest absolute Gasteiger partial charge is 0.164 e. The van der Waals surface area contributed by atoms with Gasteiger partial charge in [-0.2, -0.15) is 0 Å². The first kappa shape index (κ1) is 15.3. The first-order valence-corrected chi connectivity index (χ1v) is 9.30. The predicted octanol–water partition coefficient (Wildman–Crippen LogP) is 2.18. The summed E-state index contributed by atoms with van der Waals surface area (Å²) in [5.74, 6) is 1.53. The molecule has 0 spiro atoms. The predicted molar refractivity (Wildman–Crippen MR) is 81.4 cm³/mol. The van der Waals surface area contributed by atoms with Gasteiger partial charge in [0.2, 0.25) is 0 Å². The lowest BCUT2D eigenvalue weighted by Gasteiger charge is -2.22. The van der Waals surface area contributed by atoms with Crippen LogP contribution in [0.2, 0.25) is 0 Å². The molecule has 0 N–H and O–H groups in total. The summed E-state index contributed by atoms with van der Waals surface area (Å²) in [6.45, 7) is 2.01. The van der Waals surface area contributed by atoms with E-state index >= 15 is 0 Å². The Bertz CT molecular complexity index is 633. The van der Waals surface area contributed by atoms with Gasteiger partial charge in [-0.3, -0.25) is 4.21 Å². The van der Waals surface area contributed by atoms with Crippen LogP contribution in [0.15, 0.2) is 10.8 Å². The van der Waals surface area contributed by atoms with Crippen LogP contribution >= 0.6 is 0 Å². The van der Waals surface area contributed by atoms with Gasteiger partial charge in [0.15, 0.2) is 5.82 Å². The molecule has 0 aliphatic heterocycles. The maximum atomic E-state index is 12.4. The lowest BCUT2D eigenvalue weighted by Crippen LogP contribution is -2.18. The van der Waals surface area contributed by atoms with Crippen molar-refractivity contribution in [3.63, 3.8) is 0 Å². The summed E-state index contributed by atoms with van der Waals surface area (Å²) in [5.41, 5.74) is 1.79. The number of rotatable bonds is 6. The van der Waals surface area contributed by atoms with Crippen molar-refractivity contribution in [2.45, 2.75) is 63.0 Å². The molecule has 1 unspecified atom stereocenters. The molecule has 0 aromatic carbocycles. The summed E-state index contributed by atoms with van der Waals surface area (Å²) < 4.78 is 19.3. The average molecular weight is 323 g/mol. The van der Waals surface area contributed by atoms with Crippen molar-refractivity contribution >= 4 is 10.8 Å². The molecule has 2 aromatic rings. The molecule has 1 atom stereocenters. The first-order chi connectivity index (χ1) is 10.8. The Balaban J connectivity index is 1.65. The van der Waals surface area contributed by atoms with E-state index in [-0.39, 0.29) is 0 Å². The molecule has 1 fully saturated rings. The van der Waals surface area contributed by atoms with Gasteiger partial charge in [-0.15, -0.1) is 5.10 Å². The first-order valence-electron chi connectivity index (χ1n) is 7.81. The van der Waals surface area contributed by atoms with Crippen LogP contribution in [0, 0.1) is 0 Å². The van der Waals surface area contributed by atoms with Crippen LogP contribution in [0.4, 0.5) is 0 Å². The van der Waals surface area contributed by atoms with E-state index < -0.39 is 10.8 Å². The fraction of sp³-hybridized carbons (Fsp3) is 0.714. The Labute approximate surface area is 131 Å². The van der Waals surface area contributed by atoms with Crippen LogP contribution in [0.25, 0.3) is 0 Å². The largest absolute Gasteiger partial charge is 0.364 e. The summed E-state index contributed by atoms with van der Waals surface area (Å²) in [6, 6.07) is 0.359. The monoisotopic (exact) mass is 323 g/mol. The van der Waals surface area contributed by atoms with Crippen molar-refractivity contribution in [2.24, 2.45) is 0 Å². The third kappa shape index (κ3) is 3.43. The van der Waals surface area contributed by atoms with Gasteiger partial charge in [-0.1, -0.05) is 31.3 Å². The average Bonchev–Trinajstić information content (AvgIpc) is 3.17. The molecule has 120 valence electrons. The third-order valence-electron chi connectivity index (χ3n) is 4.15. The molecule has 2 heterocycles. The van der Waals surface area contributed by atoms with Gasteiger partial charge in [0.1, 0.15) is 6.26 Å². The van der Waals surface area contributed by atoms with E-state index in [0.717, 1.165) is 36.3 Å². The second kappa shape index (κ2) is 7.13. The van der Waals surface area contributed by atoms with Gasteiger partial charge >= 0.3 is 0 Å². The van der Waals surface area contributed by atoms with E-state index in [1.807, 2.05) is 11.6 Å². The zero-order valence-corrected chi connectivity index (χ0v) is 13.6. The van der Waals surface area contributed by atoms with Crippen molar-refractivity contribution in [3.8, 4) is 0 Å². The maximum absolute atomic E-state index is 12.4. The van der Waals surface area contributed by atoms with Gasteiger partial charge in [-0.05, 0) is 29.7 Å². The molecule has 0 saturated heterocycles. The van der Waals surface area contributed by atoms with Gasteiger partial charge in [-0.25, -0.2) is 4.68 Å². The van der Waals surface area contributed by atoms with Gasteiger partial charge in [0.05, 0.1) is 23.2 Å². The molecule has 0 amide bonds. The minimum absolute atomic E-state index is 0.359. The zero-order chi connectivity index (χ0) is 15.4. The highest BCUT2D eigenvalue weighted by Gasteiger charge is 2.21. The Morgan fingerprint density at radius 1 is 1.32 bits per heavy atom. The van der Waals surface area contributed by atoms with Crippen molar-refractivity contribution < 1.29 is 8.73 Å². The molecule has 1 aliphatic carbocycles. The summed E-state index contributed by atoms with van der Waals surface area (Å²) in [7, 11) is -1.07. The highest BCUT2D eigenvalue weighted by atomic mass is 32.2. The Morgan fingerprint density at radius 3 is 2.91 bits per heavy atom. The summed E-state index contributed by atoms with van der Waals surface area (Å²) in [5, 5.41) is 15.9. The minimum atomic E-state index is -1.07. The molecule has 1 aliphatic rings. The van der Waals surface area contributed by atoms with Crippen LogP contribution in [-0.2, 0) is 28.7 Å². The molecular weight excluding hydrogens is 302 g/mol. The van der Waals surface area contributed by atoms with Crippen LogP contribution in [-0.4, -0.2) is 29.6 Å². The van der Waals surface area contributed by atoms with Crippen LogP contribution in [0.3, 0.4) is 0 Å². The Morgan fingerprint density at radius 2 is 2.14 bits per heavy atom.